The monoisotopic (exact) mass is 291 g/mol. The summed E-state index contributed by atoms with van der Waals surface area (Å²) in [4.78, 5) is 16.3. The van der Waals surface area contributed by atoms with Crippen molar-refractivity contribution >= 4 is 11.6 Å². The summed E-state index contributed by atoms with van der Waals surface area (Å²) in [7, 11) is 0. The maximum atomic E-state index is 12.1. The lowest BCUT2D eigenvalue weighted by atomic mass is 10.1. The molecule has 4 heteroatoms. The number of carbonyl (C=O) groups is 1. The molecule has 0 aliphatic rings. The Bertz CT molecular complexity index is 403. The number of hydrogen-bond acceptors (Lipinski definition) is 3. The molecule has 21 heavy (non-hydrogen) atoms. The SMILES string of the molecule is CCCCCCC(C)NC(=O)c1ccc(NCCC)cn1. The Labute approximate surface area is 128 Å². The molecule has 1 rings (SSSR count). The molecule has 2 N–H and O–H groups in total. The van der Waals surface area contributed by atoms with Crippen LogP contribution in [0.1, 0.15) is 69.8 Å². The summed E-state index contributed by atoms with van der Waals surface area (Å²) < 4.78 is 0. The van der Waals surface area contributed by atoms with E-state index in [0.717, 1.165) is 25.1 Å². The van der Waals surface area contributed by atoms with E-state index in [1.807, 2.05) is 6.07 Å². The van der Waals surface area contributed by atoms with Crippen LogP contribution in [-0.4, -0.2) is 23.5 Å². The van der Waals surface area contributed by atoms with Gasteiger partial charge in [-0.25, -0.2) is 4.98 Å². The average molecular weight is 291 g/mol. The van der Waals surface area contributed by atoms with Crippen LogP contribution in [0.25, 0.3) is 0 Å². The van der Waals surface area contributed by atoms with Gasteiger partial charge in [0.05, 0.1) is 11.9 Å². The zero-order valence-electron chi connectivity index (χ0n) is 13.6. The lowest BCUT2D eigenvalue weighted by Gasteiger charge is -2.13. The number of aromatic nitrogens is 1. The fourth-order valence-corrected chi connectivity index (χ4v) is 2.15. The van der Waals surface area contributed by atoms with Crippen LogP contribution in [0.15, 0.2) is 18.3 Å². The summed E-state index contributed by atoms with van der Waals surface area (Å²) in [5.41, 5.74) is 1.44. The zero-order valence-corrected chi connectivity index (χ0v) is 13.6. The standard InChI is InChI=1S/C17H29N3O/c1-4-6-7-8-9-14(3)20-17(21)16-11-10-15(13-19-16)18-12-5-2/h10-11,13-14,18H,4-9,12H2,1-3H3,(H,20,21). The summed E-state index contributed by atoms with van der Waals surface area (Å²) in [6.07, 6.45) is 8.74. The van der Waals surface area contributed by atoms with Gasteiger partial charge in [0.1, 0.15) is 5.69 Å². The van der Waals surface area contributed by atoms with Crippen LogP contribution in [-0.2, 0) is 0 Å². The number of rotatable bonds is 10. The Morgan fingerprint density at radius 3 is 2.62 bits per heavy atom. The molecule has 1 unspecified atom stereocenters. The molecule has 0 bridgehead atoms. The van der Waals surface area contributed by atoms with Gasteiger partial charge in [-0.15, -0.1) is 0 Å². The molecule has 0 fully saturated rings. The van der Waals surface area contributed by atoms with E-state index in [1.54, 1.807) is 12.3 Å². The van der Waals surface area contributed by atoms with E-state index in [-0.39, 0.29) is 11.9 Å². The molecule has 0 aromatic carbocycles. The first-order valence-electron chi connectivity index (χ1n) is 8.18. The molecule has 0 aliphatic heterocycles. The van der Waals surface area contributed by atoms with Crippen molar-refractivity contribution in [3.8, 4) is 0 Å². The van der Waals surface area contributed by atoms with Crippen molar-refractivity contribution in [1.29, 1.82) is 0 Å². The molecular weight excluding hydrogens is 262 g/mol. The van der Waals surface area contributed by atoms with E-state index in [4.69, 9.17) is 0 Å². The van der Waals surface area contributed by atoms with Gasteiger partial charge in [0.2, 0.25) is 0 Å². The number of amides is 1. The highest BCUT2D eigenvalue weighted by Crippen LogP contribution is 2.08. The highest BCUT2D eigenvalue weighted by atomic mass is 16.1. The average Bonchev–Trinajstić information content (AvgIpc) is 2.50. The Morgan fingerprint density at radius 1 is 1.19 bits per heavy atom. The normalized spacial score (nSPS) is 12.0. The third kappa shape index (κ3) is 7.11. The number of anilines is 1. The number of hydrogen-bond donors (Lipinski definition) is 2. The predicted octanol–water partition coefficient (Wildman–Crippen LogP) is 3.99. The van der Waals surface area contributed by atoms with Gasteiger partial charge in [-0.1, -0.05) is 39.5 Å². The third-order valence-electron chi connectivity index (χ3n) is 3.44. The minimum absolute atomic E-state index is 0.0833. The molecule has 0 radical (unpaired) electrons. The van der Waals surface area contributed by atoms with Crippen molar-refractivity contribution in [2.24, 2.45) is 0 Å². The highest BCUT2D eigenvalue weighted by Gasteiger charge is 2.10. The van der Waals surface area contributed by atoms with Gasteiger partial charge < -0.3 is 10.6 Å². The number of pyridine rings is 1. The van der Waals surface area contributed by atoms with Crippen molar-refractivity contribution in [2.45, 2.75) is 65.3 Å². The molecular formula is C17H29N3O. The third-order valence-corrected chi connectivity index (χ3v) is 3.44. The molecule has 1 atom stereocenters. The number of nitrogens with zero attached hydrogens (tertiary/aromatic N) is 1. The van der Waals surface area contributed by atoms with Crippen LogP contribution in [0.2, 0.25) is 0 Å². The van der Waals surface area contributed by atoms with Gasteiger partial charge >= 0.3 is 0 Å². The highest BCUT2D eigenvalue weighted by molar-refractivity contribution is 5.92. The minimum atomic E-state index is -0.0833. The lowest BCUT2D eigenvalue weighted by molar-refractivity contribution is 0.0933. The van der Waals surface area contributed by atoms with E-state index in [1.165, 1.54) is 25.7 Å². The van der Waals surface area contributed by atoms with Crippen LogP contribution in [0.3, 0.4) is 0 Å². The maximum absolute atomic E-state index is 12.1. The molecule has 0 aliphatic carbocycles. The van der Waals surface area contributed by atoms with Crippen molar-refractivity contribution < 1.29 is 4.79 Å². The van der Waals surface area contributed by atoms with E-state index < -0.39 is 0 Å². The summed E-state index contributed by atoms with van der Waals surface area (Å²) in [6, 6.07) is 3.88. The summed E-state index contributed by atoms with van der Waals surface area (Å²) in [6.45, 7) is 7.29. The fourth-order valence-electron chi connectivity index (χ4n) is 2.15. The Kier molecular flexibility index (Phi) is 8.48. The number of nitrogens with one attached hydrogen (secondary N) is 2. The smallest absolute Gasteiger partial charge is 0.270 e. The molecule has 1 aromatic rings. The van der Waals surface area contributed by atoms with Crippen molar-refractivity contribution in [2.75, 3.05) is 11.9 Å². The fraction of sp³-hybridized carbons (Fsp3) is 0.647. The molecule has 4 nitrogen and oxygen atoms in total. The largest absolute Gasteiger partial charge is 0.384 e. The van der Waals surface area contributed by atoms with E-state index in [9.17, 15) is 4.79 Å². The summed E-state index contributed by atoms with van der Waals surface area (Å²) in [5, 5.41) is 6.26. The van der Waals surface area contributed by atoms with Crippen LogP contribution < -0.4 is 10.6 Å². The molecule has 1 aromatic heterocycles. The van der Waals surface area contributed by atoms with Crippen molar-refractivity contribution in [3.05, 3.63) is 24.0 Å². The Morgan fingerprint density at radius 2 is 2.00 bits per heavy atom. The minimum Gasteiger partial charge on any atom is -0.384 e. The second kappa shape index (κ2) is 10.2. The Hall–Kier alpha value is -1.58. The predicted molar refractivity (Wildman–Crippen MR) is 88.7 cm³/mol. The van der Waals surface area contributed by atoms with Crippen molar-refractivity contribution in [1.82, 2.24) is 10.3 Å². The molecule has 118 valence electrons. The maximum Gasteiger partial charge on any atom is 0.270 e. The zero-order chi connectivity index (χ0) is 15.5. The molecule has 0 spiro atoms. The second-order valence-corrected chi connectivity index (χ2v) is 5.58. The van der Waals surface area contributed by atoms with Gasteiger partial charge in [0.15, 0.2) is 0 Å². The van der Waals surface area contributed by atoms with Crippen molar-refractivity contribution in [3.63, 3.8) is 0 Å². The molecule has 1 amide bonds. The van der Waals surface area contributed by atoms with E-state index >= 15 is 0 Å². The van der Waals surface area contributed by atoms with Crippen LogP contribution >= 0.6 is 0 Å². The van der Waals surface area contributed by atoms with Gasteiger partial charge in [-0.05, 0) is 31.9 Å². The van der Waals surface area contributed by atoms with Gasteiger partial charge in [0, 0.05) is 12.6 Å². The lowest BCUT2D eigenvalue weighted by Crippen LogP contribution is -2.33. The summed E-state index contributed by atoms with van der Waals surface area (Å²) >= 11 is 0. The first kappa shape index (κ1) is 17.5. The molecule has 1 heterocycles. The van der Waals surface area contributed by atoms with Gasteiger partial charge in [-0.2, -0.15) is 0 Å². The first-order valence-corrected chi connectivity index (χ1v) is 8.18. The van der Waals surface area contributed by atoms with Crippen LogP contribution in [0.4, 0.5) is 5.69 Å². The van der Waals surface area contributed by atoms with E-state index in [0.29, 0.717) is 5.69 Å². The number of carbonyl (C=O) groups excluding carboxylic acids is 1. The molecule has 0 saturated carbocycles. The van der Waals surface area contributed by atoms with Crippen LogP contribution in [0.5, 0.6) is 0 Å². The first-order chi connectivity index (χ1) is 10.2. The molecule has 0 saturated heterocycles. The summed E-state index contributed by atoms with van der Waals surface area (Å²) in [5.74, 6) is -0.0833. The topological polar surface area (TPSA) is 54.0 Å². The second-order valence-electron chi connectivity index (χ2n) is 5.58. The quantitative estimate of drug-likeness (QED) is 0.641. The van der Waals surface area contributed by atoms with Gasteiger partial charge in [-0.3, -0.25) is 4.79 Å². The van der Waals surface area contributed by atoms with E-state index in [2.05, 4.69) is 36.4 Å². The van der Waals surface area contributed by atoms with Gasteiger partial charge in [0.25, 0.3) is 5.91 Å². The van der Waals surface area contributed by atoms with Crippen LogP contribution in [0, 0.1) is 0 Å². The number of unbranched alkanes of at least 4 members (excludes halogenated alkanes) is 3. The Balaban J connectivity index is 2.36.